The average molecular weight is 457 g/mol. The van der Waals surface area contributed by atoms with E-state index in [1.165, 1.54) is 10.4 Å². The van der Waals surface area contributed by atoms with Gasteiger partial charge in [-0.25, -0.2) is 8.42 Å². The molecule has 1 aromatic carbocycles. The van der Waals surface area contributed by atoms with Gasteiger partial charge in [0.2, 0.25) is 5.91 Å². The van der Waals surface area contributed by atoms with Gasteiger partial charge in [0.1, 0.15) is 10.3 Å². The molecule has 3 rings (SSSR count). The lowest BCUT2D eigenvalue weighted by Crippen LogP contribution is -2.46. The molecule has 0 spiro atoms. The van der Waals surface area contributed by atoms with Crippen molar-refractivity contribution in [2.45, 2.75) is 42.5 Å². The minimum absolute atomic E-state index is 0.0139. The van der Waals surface area contributed by atoms with E-state index in [0.717, 1.165) is 16.9 Å². The molecule has 158 valence electrons. The highest BCUT2D eigenvalue weighted by Crippen LogP contribution is 2.32. The molecule has 0 aliphatic carbocycles. The van der Waals surface area contributed by atoms with Crippen molar-refractivity contribution in [2.75, 3.05) is 19.7 Å². The molecule has 2 heterocycles. The molecule has 9 heteroatoms. The highest BCUT2D eigenvalue weighted by Gasteiger charge is 2.39. The van der Waals surface area contributed by atoms with E-state index in [0.29, 0.717) is 43.3 Å². The summed E-state index contributed by atoms with van der Waals surface area (Å²) in [6, 6.07) is 12.3. The predicted octanol–water partition coefficient (Wildman–Crippen LogP) is 3.84. The first-order chi connectivity index (χ1) is 13.9. The largest absolute Gasteiger partial charge is 0.374 e. The van der Waals surface area contributed by atoms with E-state index < -0.39 is 16.1 Å². The van der Waals surface area contributed by atoms with Gasteiger partial charge in [-0.05, 0) is 43.9 Å². The van der Waals surface area contributed by atoms with Crippen molar-refractivity contribution in [3.05, 3.63) is 52.4 Å². The van der Waals surface area contributed by atoms with Crippen LogP contribution in [-0.2, 0) is 19.6 Å². The first-order valence-corrected chi connectivity index (χ1v) is 12.2. The normalized spacial score (nSPS) is 18.6. The zero-order valence-corrected chi connectivity index (χ0v) is 18.6. The van der Waals surface area contributed by atoms with Crippen LogP contribution in [0.25, 0.3) is 0 Å². The van der Waals surface area contributed by atoms with Crippen molar-refractivity contribution in [3.63, 3.8) is 0 Å². The fraction of sp³-hybridized carbons (Fsp3) is 0.450. The van der Waals surface area contributed by atoms with Crippen molar-refractivity contribution in [2.24, 2.45) is 0 Å². The molecule has 2 aromatic rings. The van der Waals surface area contributed by atoms with E-state index in [1.54, 1.807) is 6.07 Å². The number of ether oxygens (including phenoxy) is 1. The summed E-state index contributed by atoms with van der Waals surface area (Å²) in [6.45, 7) is 3.28. The number of nitrogens with zero attached hydrogens (tertiary/aromatic N) is 1. The predicted molar refractivity (Wildman–Crippen MR) is 115 cm³/mol. The van der Waals surface area contributed by atoms with Gasteiger partial charge in [-0.15, -0.1) is 11.3 Å². The number of thiophene rings is 1. The maximum absolute atomic E-state index is 12.8. The fourth-order valence-corrected chi connectivity index (χ4v) is 6.59. The van der Waals surface area contributed by atoms with Crippen LogP contribution in [0, 0.1) is 0 Å². The Hall–Kier alpha value is -1.45. The molecule has 1 amide bonds. The Morgan fingerprint density at radius 1 is 1.31 bits per heavy atom. The number of amides is 1. The molecule has 2 unspecified atom stereocenters. The Kier molecular flexibility index (Phi) is 7.70. The van der Waals surface area contributed by atoms with Gasteiger partial charge in [-0.1, -0.05) is 41.9 Å². The lowest BCUT2D eigenvalue weighted by molar-refractivity contribution is -0.124. The number of hydrogen-bond acceptors (Lipinski definition) is 5. The molecule has 1 N–H and O–H groups in total. The molecule has 6 nitrogen and oxygen atoms in total. The third-order valence-electron chi connectivity index (χ3n) is 4.88. The van der Waals surface area contributed by atoms with Crippen molar-refractivity contribution in [3.8, 4) is 0 Å². The molecule has 0 saturated carbocycles. The van der Waals surface area contributed by atoms with Gasteiger partial charge < -0.3 is 10.1 Å². The number of nitrogens with one attached hydrogen (secondary N) is 1. The number of hydrogen-bond donors (Lipinski definition) is 1. The van der Waals surface area contributed by atoms with Crippen molar-refractivity contribution >= 4 is 38.9 Å². The minimum atomic E-state index is -3.71. The lowest BCUT2D eigenvalue weighted by atomic mass is 10.1. The summed E-state index contributed by atoms with van der Waals surface area (Å²) < 4.78 is 33.3. The molecule has 2 atom stereocenters. The van der Waals surface area contributed by atoms with E-state index >= 15 is 0 Å². The van der Waals surface area contributed by atoms with Crippen LogP contribution in [0.1, 0.15) is 37.9 Å². The molecule has 1 aliphatic rings. The highest BCUT2D eigenvalue weighted by molar-refractivity contribution is 7.91. The Bertz CT molecular complexity index is 918. The van der Waals surface area contributed by atoms with Crippen LogP contribution in [0.5, 0.6) is 0 Å². The Labute approximate surface area is 180 Å². The standard InChI is InChI=1S/C20H25ClN2O4S2/c1-15(16-7-3-2-4-8-16)27-14-6-12-22-20(24)17-9-5-13-23(17)29(25,26)19-11-10-18(21)28-19/h2-4,7-8,10-11,15,17H,5-6,9,12-14H2,1H3,(H,22,24). The van der Waals surface area contributed by atoms with Crippen LogP contribution in [-0.4, -0.2) is 44.4 Å². The van der Waals surface area contributed by atoms with Crippen molar-refractivity contribution < 1.29 is 17.9 Å². The van der Waals surface area contributed by atoms with Crippen LogP contribution in [0.3, 0.4) is 0 Å². The minimum Gasteiger partial charge on any atom is -0.374 e. The van der Waals surface area contributed by atoms with Crippen LogP contribution >= 0.6 is 22.9 Å². The molecular formula is C20H25ClN2O4S2. The summed E-state index contributed by atoms with van der Waals surface area (Å²) in [5.41, 5.74) is 1.11. The quantitative estimate of drug-likeness (QED) is 0.581. The topological polar surface area (TPSA) is 75.7 Å². The van der Waals surface area contributed by atoms with Gasteiger partial charge in [0.15, 0.2) is 0 Å². The van der Waals surface area contributed by atoms with Gasteiger partial charge in [0.05, 0.1) is 10.4 Å². The second-order valence-electron chi connectivity index (χ2n) is 6.90. The smallest absolute Gasteiger partial charge is 0.253 e. The van der Waals surface area contributed by atoms with Gasteiger partial charge in [0, 0.05) is 19.7 Å². The SMILES string of the molecule is CC(OCCCNC(=O)C1CCCN1S(=O)(=O)c1ccc(Cl)s1)c1ccccc1. The number of rotatable bonds is 9. The van der Waals surface area contributed by atoms with Crippen molar-refractivity contribution in [1.29, 1.82) is 0 Å². The zero-order chi connectivity index (χ0) is 20.9. The first kappa shape index (κ1) is 22.2. The zero-order valence-electron chi connectivity index (χ0n) is 16.2. The molecule has 1 aromatic heterocycles. The Morgan fingerprint density at radius 2 is 2.07 bits per heavy atom. The Balaban J connectivity index is 1.46. The number of carbonyl (C=O) groups is 1. The summed E-state index contributed by atoms with van der Waals surface area (Å²) >= 11 is 6.88. The molecule has 0 radical (unpaired) electrons. The molecule has 1 saturated heterocycles. The lowest BCUT2D eigenvalue weighted by Gasteiger charge is -2.22. The third-order valence-corrected chi connectivity index (χ3v) is 8.48. The summed E-state index contributed by atoms with van der Waals surface area (Å²) in [5, 5.41) is 2.85. The van der Waals surface area contributed by atoms with Crippen LogP contribution in [0.2, 0.25) is 4.34 Å². The maximum atomic E-state index is 12.8. The summed E-state index contributed by atoms with van der Waals surface area (Å²) in [6.07, 6.45) is 1.82. The second-order valence-corrected chi connectivity index (χ2v) is 10.7. The molecule has 1 aliphatic heterocycles. The molecule has 0 bridgehead atoms. The Morgan fingerprint density at radius 3 is 2.76 bits per heavy atom. The summed E-state index contributed by atoms with van der Waals surface area (Å²) in [5.74, 6) is -0.259. The van der Waals surface area contributed by atoms with Gasteiger partial charge >= 0.3 is 0 Å². The fourth-order valence-electron chi connectivity index (χ4n) is 3.32. The van der Waals surface area contributed by atoms with Crippen LogP contribution in [0.15, 0.2) is 46.7 Å². The van der Waals surface area contributed by atoms with Gasteiger partial charge in [-0.3, -0.25) is 4.79 Å². The highest BCUT2D eigenvalue weighted by atomic mass is 35.5. The number of halogens is 1. The second kappa shape index (κ2) is 10.0. The van der Waals surface area contributed by atoms with Gasteiger partial charge in [-0.2, -0.15) is 4.31 Å². The summed E-state index contributed by atoms with van der Waals surface area (Å²) in [4.78, 5) is 12.6. The summed E-state index contributed by atoms with van der Waals surface area (Å²) in [7, 11) is -3.71. The van der Waals surface area contributed by atoms with E-state index in [9.17, 15) is 13.2 Å². The molecule has 1 fully saturated rings. The maximum Gasteiger partial charge on any atom is 0.253 e. The molecule has 29 heavy (non-hydrogen) atoms. The number of carbonyl (C=O) groups excluding carboxylic acids is 1. The van der Waals surface area contributed by atoms with E-state index in [4.69, 9.17) is 16.3 Å². The average Bonchev–Trinajstić information content (AvgIpc) is 3.38. The third kappa shape index (κ3) is 5.58. The van der Waals surface area contributed by atoms with Crippen molar-refractivity contribution in [1.82, 2.24) is 9.62 Å². The molecular weight excluding hydrogens is 432 g/mol. The van der Waals surface area contributed by atoms with E-state index in [2.05, 4.69) is 5.32 Å². The first-order valence-electron chi connectivity index (χ1n) is 9.61. The number of sulfonamides is 1. The van der Waals surface area contributed by atoms with Crippen LogP contribution < -0.4 is 5.32 Å². The van der Waals surface area contributed by atoms with Gasteiger partial charge in [0.25, 0.3) is 10.0 Å². The van der Waals surface area contributed by atoms with E-state index in [1.807, 2.05) is 37.3 Å². The monoisotopic (exact) mass is 456 g/mol. The number of benzene rings is 1. The van der Waals surface area contributed by atoms with Crippen LogP contribution in [0.4, 0.5) is 0 Å². The van der Waals surface area contributed by atoms with E-state index in [-0.39, 0.29) is 16.2 Å².